The lowest BCUT2D eigenvalue weighted by Crippen LogP contribution is -2.60. The SMILES string of the molecule is CC[C@H](C)[C@@H]([C@@H](CC(=O)N1CCC[C@H]1C[C@@H](C)C(=O)N[C@H](C)[C@@H](O)c1ccccc1)OC)N(C)C(=O)[C@@H](NC(=O)[C@H](C(C)C)N(C)C(=O)OCc1ccc(NC(=O)[C@H](C)NC(=O)[C@@H](NC(=O)c2ccc(-c3nnc(COCCOCCOCCOCCOCCOCCOCCOCCOCCOCCOCCOCCOC)nn3)cc2)C(C)C)cc1)C(C)C. The third kappa shape index (κ3) is 40.6. The summed E-state index contributed by atoms with van der Waals surface area (Å²) < 4.78 is 82.8. The summed E-state index contributed by atoms with van der Waals surface area (Å²) in [5.74, 6) is -4.30. The summed E-state index contributed by atoms with van der Waals surface area (Å²) in [5.41, 5.74) is 2.43. The van der Waals surface area contributed by atoms with Crippen LogP contribution in [-0.2, 0) is 113 Å². The zero-order valence-corrected chi connectivity index (χ0v) is 76.2. The first-order valence-corrected chi connectivity index (χ1v) is 43.6. The Morgan fingerprint density at radius 2 is 0.984 bits per heavy atom. The second kappa shape index (κ2) is 61.9. The fourth-order valence-corrected chi connectivity index (χ4v) is 13.6. The number of likely N-dealkylation sites (N-methyl/N-ethyl adjacent to an activating group) is 2. The molecule has 36 nitrogen and oxygen atoms in total. The highest BCUT2D eigenvalue weighted by Crippen LogP contribution is 2.30. The van der Waals surface area contributed by atoms with Crippen molar-refractivity contribution in [2.45, 2.75) is 176 Å². The summed E-state index contributed by atoms with van der Waals surface area (Å²) >= 11 is 0. The highest BCUT2D eigenvalue weighted by Gasteiger charge is 2.42. The van der Waals surface area contributed by atoms with Crippen LogP contribution < -0.4 is 26.6 Å². The first-order chi connectivity index (χ1) is 60.2. The predicted molar refractivity (Wildman–Crippen MR) is 465 cm³/mol. The van der Waals surface area contributed by atoms with Gasteiger partial charge in [0.15, 0.2) is 5.82 Å². The maximum atomic E-state index is 14.8. The van der Waals surface area contributed by atoms with E-state index >= 15 is 0 Å². The fraction of sp³-hybridized carbons (Fsp3) is 0.685. The van der Waals surface area contributed by atoms with Crippen LogP contribution in [0.15, 0.2) is 78.9 Å². The third-order valence-electron chi connectivity index (χ3n) is 20.9. The number of likely N-dealkylation sites (tertiary alicyclic amines) is 1. The van der Waals surface area contributed by atoms with Gasteiger partial charge < -0.3 is 113 Å². The molecule has 11 atom stereocenters. The molecule has 125 heavy (non-hydrogen) atoms. The molecule has 0 unspecified atom stereocenters. The molecule has 5 rings (SSSR count). The zero-order valence-electron chi connectivity index (χ0n) is 76.2. The van der Waals surface area contributed by atoms with Crippen molar-refractivity contribution in [1.82, 2.24) is 56.4 Å². The van der Waals surface area contributed by atoms with E-state index in [4.69, 9.17) is 71.1 Å². The molecule has 0 spiro atoms. The molecular weight excluding hydrogens is 1620 g/mol. The summed E-state index contributed by atoms with van der Waals surface area (Å²) in [4.78, 5) is 116. The maximum Gasteiger partial charge on any atom is 0.410 e. The highest BCUT2D eigenvalue weighted by molar-refractivity contribution is 6.00. The number of nitrogens with one attached hydrogen (secondary N) is 5. The molecule has 1 saturated heterocycles. The van der Waals surface area contributed by atoms with Gasteiger partial charge in [-0.15, -0.1) is 20.4 Å². The number of hydrogen-bond acceptors (Lipinski definition) is 28. The number of anilines is 1. The van der Waals surface area contributed by atoms with Crippen LogP contribution in [0.2, 0.25) is 0 Å². The van der Waals surface area contributed by atoms with Crippen LogP contribution in [-0.4, -0.2) is 329 Å². The van der Waals surface area contributed by atoms with E-state index < -0.39 is 102 Å². The van der Waals surface area contributed by atoms with Gasteiger partial charge in [-0.05, 0) is 92.2 Å². The lowest BCUT2D eigenvalue weighted by molar-refractivity contribution is -0.146. The number of carbonyl (C=O) groups excluding carboxylic acids is 8. The Balaban J connectivity index is 0.922. The second-order valence-corrected chi connectivity index (χ2v) is 31.7. The lowest BCUT2D eigenvalue weighted by atomic mass is 9.89. The largest absolute Gasteiger partial charge is 0.445 e. The van der Waals surface area contributed by atoms with Crippen molar-refractivity contribution >= 4 is 53.1 Å². The molecule has 0 aliphatic carbocycles. The average molecular weight is 1760 g/mol. The molecule has 1 aliphatic rings. The maximum absolute atomic E-state index is 14.8. The van der Waals surface area contributed by atoms with E-state index in [0.29, 0.717) is 194 Å². The number of benzene rings is 3. The van der Waals surface area contributed by atoms with Gasteiger partial charge in [0.1, 0.15) is 37.4 Å². The van der Waals surface area contributed by atoms with E-state index in [9.17, 15) is 43.5 Å². The molecule has 1 aliphatic heterocycles. The van der Waals surface area contributed by atoms with Crippen molar-refractivity contribution in [2.24, 2.45) is 29.6 Å². The molecule has 3 aromatic carbocycles. The van der Waals surface area contributed by atoms with Gasteiger partial charge in [0.25, 0.3) is 5.91 Å². The molecular formula is C89H142N12O24. The summed E-state index contributed by atoms with van der Waals surface area (Å²) in [7, 11) is 6.26. The highest BCUT2D eigenvalue weighted by atomic mass is 16.6. The van der Waals surface area contributed by atoms with E-state index in [1.54, 1.807) is 102 Å². The van der Waals surface area contributed by atoms with E-state index in [1.165, 1.54) is 26.0 Å². The Labute approximate surface area is 737 Å². The van der Waals surface area contributed by atoms with Crippen molar-refractivity contribution in [2.75, 3.05) is 199 Å². The fourth-order valence-electron chi connectivity index (χ4n) is 13.6. The third-order valence-corrected chi connectivity index (χ3v) is 20.9. The number of methoxy groups -OCH3 is 2. The van der Waals surface area contributed by atoms with Gasteiger partial charge in [-0.1, -0.05) is 123 Å². The first kappa shape index (κ1) is 107. The van der Waals surface area contributed by atoms with Crippen LogP contribution in [0.4, 0.5) is 10.5 Å². The number of aliphatic hydroxyl groups excluding tert-OH is 1. The van der Waals surface area contributed by atoms with Crippen LogP contribution in [0.1, 0.15) is 142 Å². The molecule has 4 aromatic rings. The first-order valence-electron chi connectivity index (χ1n) is 43.6. The topological polar surface area (TPSA) is 417 Å². The second-order valence-electron chi connectivity index (χ2n) is 31.7. The van der Waals surface area contributed by atoms with Crippen LogP contribution >= 0.6 is 0 Å². The molecule has 6 N–H and O–H groups in total. The van der Waals surface area contributed by atoms with Gasteiger partial charge in [-0.25, -0.2) is 4.79 Å². The summed E-state index contributed by atoms with van der Waals surface area (Å²) in [6.07, 6.45) is 0.117. The molecule has 0 bridgehead atoms. The number of hydrogen-bond donors (Lipinski definition) is 6. The molecule has 2 heterocycles. The van der Waals surface area contributed by atoms with Gasteiger partial charge in [-0.3, -0.25) is 38.5 Å². The van der Waals surface area contributed by atoms with Gasteiger partial charge in [0, 0.05) is 63.6 Å². The number of aromatic nitrogens is 4. The summed E-state index contributed by atoms with van der Waals surface area (Å²) in [6, 6.07) is 16.6. The molecule has 1 fully saturated rings. The summed E-state index contributed by atoms with van der Waals surface area (Å²) in [6.45, 7) is 31.1. The van der Waals surface area contributed by atoms with Crippen molar-refractivity contribution in [3.8, 4) is 11.4 Å². The van der Waals surface area contributed by atoms with Gasteiger partial charge in [-0.2, -0.15) is 0 Å². The lowest BCUT2D eigenvalue weighted by Gasteiger charge is -2.40. The van der Waals surface area contributed by atoms with E-state index in [-0.39, 0.29) is 73.1 Å². The number of amides is 8. The molecule has 702 valence electrons. The average Bonchev–Trinajstić information content (AvgIpc) is 1.79. The minimum absolute atomic E-state index is 0.0290. The van der Waals surface area contributed by atoms with Gasteiger partial charge in [0.2, 0.25) is 41.3 Å². The van der Waals surface area contributed by atoms with Crippen LogP contribution in [0.5, 0.6) is 0 Å². The Morgan fingerprint density at radius 1 is 0.504 bits per heavy atom. The Bertz CT molecular complexity index is 3680. The normalized spacial score (nSPS) is 15.3. The van der Waals surface area contributed by atoms with Gasteiger partial charge in [0.05, 0.1) is 189 Å². The summed E-state index contributed by atoms with van der Waals surface area (Å²) in [5, 5.41) is 41.7. The molecule has 1 aromatic heterocycles. The molecule has 0 saturated carbocycles. The van der Waals surface area contributed by atoms with Crippen LogP contribution in [0.25, 0.3) is 11.4 Å². The van der Waals surface area contributed by atoms with Crippen LogP contribution in [0, 0.1) is 29.6 Å². The van der Waals surface area contributed by atoms with Crippen LogP contribution in [0.3, 0.4) is 0 Å². The van der Waals surface area contributed by atoms with E-state index in [1.807, 2.05) is 69.9 Å². The standard InChI is InChI=1S/C89H142N12O24/c1-16-64(8)80(74(112-15)58-76(102)101-32-20-23-73(101)57-65(9)83(104)90-66(10)81(103)69-21-18-17-19-22-69)99(12)88(109)78(62(4)5)94-87(108)79(63(6)7)100(13)89(110)125-59-68-24-30-72(31-25-68)92-84(105)67(11)91-86(107)77(61(2)3)93-85(106)71-28-26-70(27-29-71)82-97-95-75(96-98-82)60-124-56-55-123-54-53-122-52-51-121-50-49-120-48-47-119-46-45-118-44-43-117-42-41-116-40-39-115-38-37-114-36-35-113-34-33-111-14/h17-19,21-22,24-31,61-67,73-74,77-81,103H,16,20,23,32-60H2,1-15H3,(H,90,104)(H,91,107)(H,92,105)(H,93,106)(H,94,108)/t64-,65+,66+,67-,73-,74+,77-,78-,79-,80-,81+/m0/s1. The zero-order chi connectivity index (χ0) is 91.3. The van der Waals surface area contributed by atoms with Crippen molar-refractivity contribution in [1.29, 1.82) is 0 Å². The number of rotatable bonds is 67. The minimum atomic E-state index is -1.06. The number of ether oxygens (including phenoxy) is 15. The molecule has 8 amide bonds. The van der Waals surface area contributed by atoms with Crippen molar-refractivity contribution in [3.63, 3.8) is 0 Å². The smallest absolute Gasteiger partial charge is 0.410 e. The molecule has 36 heteroatoms. The number of carbonyl (C=O) groups is 8. The number of nitrogens with zero attached hydrogens (tertiary/aromatic N) is 7. The Kier molecular flexibility index (Phi) is 53.0. The van der Waals surface area contributed by atoms with E-state index in [2.05, 4.69) is 47.0 Å². The predicted octanol–water partition coefficient (Wildman–Crippen LogP) is 6.44. The Hall–Kier alpha value is -8.44. The van der Waals surface area contributed by atoms with Gasteiger partial charge >= 0.3 is 6.09 Å². The van der Waals surface area contributed by atoms with E-state index in [0.717, 1.165) is 12.8 Å². The number of aliphatic hydroxyl groups is 1. The van der Waals surface area contributed by atoms with Crippen molar-refractivity contribution in [3.05, 3.63) is 101 Å². The van der Waals surface area contributed by atoms with Crippen molar-refractivity contribution < 1.29 is 115 Å². The Morgan fingerprint density at radius 3 is 1.44 bits per heavy atom. The monoisotopic (exact) mass is 1760 g/mol. The minimum Gasteiger partial charge on any atom is -0.445 e. The molecule has 0 radical (unpaired) electrons. The quantitative estimate of drug-likeness (QED) is 0.0259.